The summed E-state index contributed by atoms with van der Waals surface area (Å²) in [7, 11) is 1.39. The van der Waals surface area contributed by atoms with E-state index < -0.39 is 24.8 Å². The van der Waals surface area contributed by atoms with Gasteiger partial charge in [-0.3, -0.25) is 0 Å². The molecule has 88 valence electrons. The fourth-order valence-corrected chi connectivity index (χ4v) is 1.25. The molecule has 17 heavy (non-hydrogen) atoms. The van der Waals surface area contributed by atoms with E-state index in [1.54, 1.807) is 6.07 Å². The third-order valence-electron chi connectivity index (χ3n) is 2.17. The maximum Gasteiger partial charge on any atom is 1.00 e. The van der Waals surface area contributed by atoms with Crippen LogP contribution in [0.15, 0.2) is 36.3 Å². The van der Waals surface area contributed by atoms with Crippen LogP contribution in [0.4, 0.5) is 23.0 Å². The first-order valence-corrected chi connectivity index (χ1v) is 4.65. The van der Waals surface area contributed by atoms with E-state index in [-0.39, 0.29) is 57.1 Å². The van der Waals surface area contributed by atoms with Crippen LogP contribution in [0.3, 0.4) is 0 Å². The van der Waals surface area contributed by atoms with Crippen molar-refractivity contribution < 1.29 is 68.7 Å². The minimum atomic E-state index is -5.07. The van der Waals surface area contributed by atoms with Crippen LogP contribution in [0, 0.1) is 5.82 Å². The molecule has 0 aliphatic rings. The molecule has 0 N–H and O–H groups in total. The normalized spacial score (nSPS) is 10.6. The van der Waals surface area contributed by atoms with Crippen molar-refractivity contribution in [1.29, 1.82) is 0 Å². The van der Waals surface area contributed by atoms with Gasteiger partial charge in [0.05, 0.1) is 5.69 Å². The van der Waals surface area contributed by atoms with Crippen LogP contribution in [-0.2, 0) is 0 Å². The molecule has 1 nitrogen and oxygen atoms in total. The van der Waals surface area contributed by atoms with Crippen molar-refractivity contribution in [2.24, 2.45) is 0 Å². The zero-order valence-electron chi connectivity index (χ0n) is 9.76. The molecule has 0 saturated heterocycles. The molecule has 0 aliphatic carbocycles. The van der Waals surface area contributed by atoms with Gasteiger partial charge in [0.15, 0.2) is 0 Å². The molecule has 0 amide bonds. The Morgan fingerprint density at radius 3 is 2.29 bits per heavy atom. The van der Waals surface area contributed by atoms with Crippen molar-refractivity contribution in [1.82, 2.24) is 0 Å². The average Bonchev–Trinajstić information content (AvgIpc) is 2.16. The van der Waals surface area contributed by atoms with Crippen LogP contribution < -0.4 is 56.3 Å². The second-order valence-corrected chi connectivity index (χ2v) is 3.54. The Hall–Kier alpha value is 0.181. The monoisotopic (exact) mass is 271 g/mol. The number of likely N-dealkylation sites (N-methyl/N-ethyl adjacent to an activating group) is 1. The average molecular weight is 271 g/mol. The largest absolute Gasteiger partial charge is 1.00 e. The number of benzene rings is 1. The number of para-hydroxylation sites is 1. The van der Waals surface area contributed by atoms with Gasteiger partial charge in [0, 0.05) is 13.6 Å². The summed E-state index contributed by atoms with van der Waals surface area (Å²) < 4.78 is 50.0. The predicted molar refractivity (Wildman–Crippen MR) is 57.9 cm³/mol. The number of nitrogens with zero attached hydrogens (tertiary/aromatic N) is 1. The first-order valence-electron chi connectivity index (χ1n) is 4.65. The van der Waals surface area contributed by atoms with Crippen LogP contribution in [0.25, 0.3) is 0 Å². The van der Waals surface area contributed by atoms with Gasteiger partial charge in [-0.1, -0.05) is 12.1 Å². The Morgan fingerprint density at radius 1 is 1.29 bits per heavy atom. The molecule has 0 fully saturated rings. The van der Waals surface area contributed by atoms with Gasteiger partial charge in [0.2, 0.25) is 0 Å². The minimum Gasteiger partial charge on any atom is -0.445 e. The molecule has 0 aliphatic heterocycles. The van der Waals surface area contributed by atoms with Crippen LogP contribution in [0.5, 0.6) is 0 Å². The van der Waals surface area contributed by atoms with Crippen molar-refractivity contribution in [2.75, 3.05) is 18.5 Å². The van der Waals surface area contributed by atoms with Crippen molar-refractivity contribution >= 4 is 12.7 Å². The second kappa shape index (κ2) is 6.94. The maximum absolute atomic E-state index is 13.2. The van der Waals surface area contributed by atoms with Gasteiger partial charge >= 0.3 is 58.4 Å². The Morgan fingerprint density at radius 2 is 1.82 bits per heavy atom. The van der Waals surface area contributed by atoms with E-state index in [0.29, 0.717) is 0 Å². The predicted octanol–water partition coefficient (Wildman–Crippen LogP) is 0.209. The molecule has 0 radical (unpaired) electrons. The summed E-state index contributed by atoms with van der Waals surface area (Å²) in [6.45, 7) is -2.54. The Bertz CT molecular complexity index is 394. The van der Waals surface area contributed by atoms with E-state index >= 15 is 0 Å². The van der Waals surface area contributed by atoms with Gasteiger partial charge in [-0.15, -0.1) is 12.1 Å². The summed E-state index contributed by atoms with van der Waals surface area (Å²) in [5.74, 6) is -0.549. The Labute approximate surface area is 140 Å². The first-order chi connectivity index (χ1) is 7.32. The molecule has 0 saturated carbocycles. The smallest absolute Gasteiger partial charge is 0.445 e. The van der Waals surface area contributed by atoms with E-state index in [2.05, 4.69) is 6.58 Å². The number of rotatable bonds is 4. The minimum absolute atomic E-state index is 0. The zero-order valence-corrected chi connectivity index (χ0v) is 12.9. The summed E-state index contributed by atoms with van der Waals surface area (Å²) in [5.41, 5.74) is -0.713. The van der Waals surface area contributed by atoms with Crippen LogP contribution >= 0.6 is 0 Å². The molecular weight excluding hydrogens is 260 g/mol. The molecule has 0 unspecified atom stereocenters. The van der Waals surface area contributed by atoms with Gasteiger partial charge in [0.1, 0.15) is 5.82 Å². The molecule has 0 atom stereocenters. The van der Waals surface area contributed by atoms with E-state index in [1.165, 1.54) is 30.1 Å². The standard InChI is InChI=1S/C10H11BF4N.K/c1-8(11(13,14)15)7-16(2)10-6-4-3-5-9(10)12;/h3-6H,1,7H2,2H3;/q-1;+1. The first kappa shape index (κ1) is 17.2. The van der Waals surface area contributed by atoms with Gasteiger partial charge in [-0.05, 0) is 12.1 Å². The van der Waals surface area contributed by atoms with Crippen molar-refractivity contribution in [3.8, 4) is 0 Å². The number of anilines is 1. The quantitative estimate of drug-likeness (QED) is 0.559. The molecule has 0 aromatic heterocycles. The van der Waals surface area contributed by atoms with Gasteiger partial charge in [-0.2, -0.15) is 0 Å². The summed E-state index contributed by atoms with van der Waals surface area (Å²) >= 11 is 0. The van der Waals surface area contributed by atoms with E-state index in [9.17, 15) is 17.3 Å². The van der Waals surface area contributed by atoms with Gasteiger partial charge in [-0.25, -0.2) is 4.39 Å². The van der Waals surface area contributed by atoms with Gasteiger partial charge in [0.25, 0.3) is 0 Å². The Kier molecular flexibility index (Phi) is 7.01. The molecule has 0 heterocycles. The Balaban J connectivity index is 0.00000256. The summed E-state index contributed by atoms with van der Waals surface area (Å²) in [4.78, 5) is 1.19. The van der Waals surface area contributed by atoms with Crippen molar-refractivity contribution in [2.45, 2.75) is 0 Å². The summed E-state index contributed by atoms with van der Waals surface area (Å²) in [6, 6.07) is 5.67. The molecule has 0 spiro atoms. The third-order valence-corrected chi connectivity index (χ3v) is 2.17. The van der Waals surface area contributed by atoms with Crippen LogP contribution in [-0.4, -0.2) is 20.6 Å². The fourth-order valence-electron chi connectivity index (χ4n) is 1.25. The topological polar surface area (TPSA) is 3.24 Å². The van der Waals surface area contributed by atoms with E-state index in [1.807, 2.05) is 0 Å². The summed E-state index contributed by atoms with van der Waals surface area (Å²) in [5, 5.41) is 0. The second-order valence-electron chi connectivity index (χ2n) is 3.54. The van der Waals surface area contributed by atoms with Crippen LogP contribution in [0.2, 0.25) is 0 Å². The SMILES string of the molecule is C=C(CN(C)c1ccccc1F)[B-](F)(F)F.[K+]. The number of hydrogen-bond acceptors (Lipinski definition) is 1. The molecule has 0 bridgehead atoms. The third kappa shape index (κ3) is 5.13. The summed E-state index contributed by atoms with van der Waals surface area (Å²) in [6.07, 6.45) is 0. The van der Waals surface area contributed by atoms with Gasteiger partial charge < -0.3 is 17.8 Å². The van der Waals surface area contributed by atoms with Crippen molar-refractivity contribution in [3.05, 3.63) is 42.1 Å². The van der Waals surface area contributed by atoms with E-state index in [4.69, 9.17) is 0 Å². The van der Waals surface area contributed by atoms with Crippen molar-refractivity contribution in [3.63, 3.8) is 0 Å². The number of halogens is 4. The molecule has 1 aromatic rings. The molecule has 1 rings (SSSR count). The zero-order chi connectivity index (χ0) is 12.3. The molecular formula is C10H11BF4KN. The number of hydrogen-bond donors (Lipinski definition) is 0. The maximum atomic E-state index is 13.2. The fraction of sp³-hybridized carbons (Fsp3) is 0.200. The van der Waals surface area contributed by atoms with Crippen LogP contribution in [0.1, 0.15) is 0 Å². The molecule has 1 aromatic carbocycles. The van der Waals surface area contributed by atoms with E-state index in [0.717, 1.165) is 0 Å². The molecule has 7 heteroatoms.